The Labute approximate surface area is 116 Å². The quantitative estimate of drug-likeness (QED) is 0.835. The molecule has 0 atom stereocenters. The van der Waals surface area contributed by atoms with Crippen molar-refractivity contribution in [2.24, 2.45) is 0 Å². The first-order chi connectivity index (χ1) is 8.45. The van der Waals surface area contributed by atoms with Crippen molar-refractivity contribution in [3.05, 3.63) is 28.8 Å². The van der Waals surface area contributed by atoms with Crippen molar-refractivity contribution in [2.45, 2.75) is 52.8 Å². The molecule has 0 heterocycles. The normalized spacial score (nSPS) is 12.4. The van der Waals surface area contributed by atoms with Crippen LogP contribution in [0, 0.1) is 13.8 Å². The minimum Gasteiger partial charge on any atom is -0.543 e. The average Bonchev–Trinajstić information content (AvgIpc) is 2.12. The zero-order valence-electron chi connectivity index (χ0n) is 12.9. The van der Waals surface area contributed by atoms with Crippen molar-refractivity contribution in [3.8, 4) is 5.75 Å². The number of carboxylic acid groups (broad SMARTS) is 1. The topological polar surface area (TPSA) is 46.5 Å². The van der Waals surface area contributed by atoms with Crippen LogP contribution in [0.5, 0.6) is 5.75 Å². The van der Waals surface area contributed by atoms with Gasteiger partial charge in [0.05, 0.1) is 5.56 Å². The maximum atomic E-state index is 11.2. The monoisotopic (exact) mass is 280 g/mol. The van der Waals surface area contributed by atoms with Crippen molar-refractivity contribution in [2.75, 3.05) is 0 Å². The highest BCUT2D eigenvalue weighted by atomic mass is 28.4. The van der Waals surface area contributed by atoms with Gasteiger partial charge in [0.2, 0.25) is 8.32 Å². The van der Waals surface area contributed by atoms with Gasteiger partial charge in [-0.1, -0.05) is 20.8 Å². The summed E-state index contributed by atoms with van der Waals surface area (Å²) in [5.74, 6) is -0.0968. The fourth-order valence-electron chi connectivity index (χ4n) is 1.77. The van der Waals surface area contributed by atoms with Crippen LogP contribution in [-0.4, -0.2) is 19.4 Å². The molecule has 0 spiro atoms. The van der Waals surface area contributed by atoms with E-state index in [1.54, 1.807) is 0 Å². The van der Waals surface area contributed by atoms with Gasteiger partial charge in [0.15, 0.2) is 0 Å². The molecule has 0 fully saturated rings. The Morgan fingerprint density at radius 3 is 1.89 bits per heavy atom. The Morgan fingerprint density at radius 2 is 1.58 bits per heavy atom. The smallest absolute Gasteiger partial charge is 0.336 e. The molecule has 0 aliphatic heterocycles. The van der Waals surface area contributed by atoms with E-state index in [0.717, 1.165) is 16.9 Å². The first-order valence-corrected chi connectivity index (χ1v) is 9.40. The van der Waals surface area contributed by atoms with E-state index >= 15 is 0 Å². The van der Waals surface area contributed by atoms with Crippen LogP contribution in [0.15, 0.2) is 12.1 Å². The van der Waals surface area contributed by atoms with Crippen LogP contribution in [0.2, 0.25) is 18.1 Å². The van der Waals surface area contributed by atoms with Gasteiger partial charge in [0.25, 0.3) is 0 Å². The van der Waals surface area contributed by atoms with E-state index in [2.05, 4.69) is 33.9 Å². The fourth-order valence-corrected chi connectivity index (χ4v) is 2.78. The highest BCUT2D eigenvalue weighted by Gasteiger charge is 2.39. The predicted octanol–water partition coefficient (Wildman–Crippen LogP) is 4.39. The van der Waals surface area contributed by atoms with Gasteiger partial charge in [0.1, 0.15) is 5.75 Å². The molecule has 0 aliphatic rings. The Hall–Kier alpha value is -1.29. The van der Waals surface area contributed by atoms with Crippen LogP contribution in [0.25, 0.3) is 0 Å². The number of benzene rings is 1. The highest BCUT2D eigenvalue weighted by Crippen LogP contribution is 2.38. The Balaban J connectivity index is 3.16. The standard InChI is InChI=1S/C15H24O3Si/c1-10-8-12(9-11(2)13(10)14(16)17)18-19(6,7)15(3,4)5/h8-9H,1-7H3,(H,16,17). The number of hydrogen-bond donors (Lipinski definition) is 1. The van der Waals surface area contributed by atoms with Gasteiger partial charge in [-0.2, -0.15) is 0 Å². The van der Waals surface area contributed by atoms with Gasteiger partial charge in [-0.15, -0.1) is 0 Å². The molecule has 3 nitrogen and oxygen atoms in total. The third-order valence-electron chi connectivity index (χ3n) is 3.90. The lowest BCUT2D eigenvalue weighted by Crippen LogP contribution is -2.43. The predicted molar refractivity (Wildman–Crippen MR) is 80.7 cm³/mol. The molecule has 0 saturated heterocycles. The molecule has 106 valence electrons. The zero-order chi connectivity index (χ0) is 15.0. The van der Waals surface area contributed by atoms with E-state index in [-0.39, 0.29) is 5.04 Å². The second-order valence-corrected chi connectivity index (χ2v) is 11.3. The van der Waals surface area contributed by atoms with Crippen LogP contribution in [-0.2, 0) is 0 Å². The van der Waals surface area contributed by atoms with E-state index in [4.69, 9.17) is 9.53 Å². The number of aromatic carboxylic acids is 1. The zero-order valence-corrected chi connectivity index (χ0v) is 13.9. The molecule has 1 rings (SSSR count). The molecule has 0 aromatic heterocycles. The molecule has 0 aliphatic carbocycles. The first-order valence-electron chi connectivity index (χ1n) is 6.49. The summed E-state index contributed by atoms with van der Waals surface area (Å²) in [5.41, 5.74) is 1.88. The average molecular weight is 280 g/mol. The third kappa shape index (κ3) is 3.38. The fraction of sp³-hybridized carbons (Fsp3) is 0.533. The van der Waals surface area contributed by atoms with Gasteiger partial charge in [0, 0.05) is 0 Å². The molecule has 0 saturated carbocycles. The highest BCUT2D eigenvalue weighted by molar-refractivity contribution is 6.74. The molecule has 1 aromatic carbocycles. The van der Waals surface area contributed by atoms with Crippen LogP contribution in [0.4, 0.5) is 0 Å². The van der Waals surface area contributed by atoms with Gasteiger partial charge >= 0.3 is 5.97 Å². The van der Waals surface area contributed by atoms with Crippen molar-refractivity contribution in [1.82, 2.24) is 0 Å². The molecule has 0 radical (unpaired) electrons. The van der Waals surface area contributed by atoms with Gasteiger partial charge in [-0.05, 0) is 55.2 Å². The minimum absolute atomic E-state index is 0.125. The summed E-state index contributed by atoms with van der Waals surface area (Å²) < 4.78 is 6.21. The molecule has 19 heavy (non-hydrogen) atoms. The van der Waals surface area contributed by atoms with E-state index in [1.165, 1.54) is 0 Å². The van der Waals surface area contributed by atoms with Gasteiger partial charge in [-0.3, -0.25) is 0 Å². The van der Waals surface area contributed by atoms with E-state index in [1.807, 2.05) is 26.0 Å². The summed E-state index contributed by atoms with van der Waals surface area (Å²) >= 11 is 0. The van der Waals surface area contributed by atoms with Crippen LogP contribution in [0.1, 0.15) is 42.3 Å². The Morgan fingerprint density at radius 1 is 1.16 bits per heavy atom. The van der Waals surface area contributed by atoms with Crippen molar-refractivity contribution >= 4 is 14.3 Å². The molecule has 1 aromatic rings. The van der Waals surface area contributed by atoms with Crippen LogP contribution < -0.4 is 4.43 Å². The summed E-state index contributed by atoms with van der Waals surface area (Å²) in [7, 11) is -1.88. The number of aryl methyl sites for hydroxylation is 2. The molecule has 0 bridgehead atoms. The number of rotatable bonds is 3. The maximum Gasteiger partial charge on any atom is 0.336 e. The van der Waals surface area contributed by atoms with Crippen molar-refractivity contribution in [3.63, 3.8) is 0 Å². The molecule has 0 unspecified atom stereocenters. The molecule has 1 N–H and O–H groups in total. The molecule has 0 amide bonds. The van der Waals surface area contributed by atoms with E-state index < -0.39 is 14.3 Å². The number of hydrogen-bond acceptors (Lipinski definition) is 2. The third-order valence-corrected chi connectivity index (χ3v) is 8.26. The van der Waals surface area contributed by atoms with E-state index in [9.17, 15) is 4.79 Å². The van der Waals surface area contributed by atoms with E-state index in [0.29, 0.717) is 5.56 Å². The Kier molecular flexibility index (Phi) is 4.15. The summed E-state index contributed by atoms with van der Waals surface area (Å²) in [5, 5.41) is 9.29. The summed E-state index contributed by atoms with van der Waals surface area (Å²) in [6, 6.07) is 3.66. The first kappa shape index (κ1) is 15.8. The minimum atomic E-state index is -1.88. The number of carboxylic acids is 1. The summed E-state index contributed by atoms with van der Waals surface area (Å²) in [6.45, 7) is 14.6. The molecular formula is C15H24O3Si. The SMILES string of the molecule is Cc1cc(O[Si](C)(C)C(C)(C)C)cc(C)c1C(=O)O. The van der Waals surface area contributed by atoms with Crippen molar-refractivity contribution in [1.29, 1.82) is 0 Å². The molecular weight excluding hydrogens is 256 g/mol. The summed E-state index contributed by atoms with van der Waals surface area (Å²) in [4.78, 5) is 11.2. The van der Waals surface area contributed by atoms with Crippen LogP contribution >= 0.6 is 0 Å². The Bertz CT molecular complexity index is 476. The largest absolute Gasteiger partial charge is 0.543 e. The number of carbonyl (C=O) groups is 1. The lowest BCUT2D eigenvalue weighted by Gasteiger charge is -2.36. The van der Waals surface area contributed by atoms with Crippen molar-refractivity contribution < 1.29 is 14.3 Å². The summed E-state index contributed by atoms with van der Waals surface area (Å²) in [6.07, 6.45) is 0. The maximum absolute atomic E-state index is 11.2. The molecule has 4 heteroatoms. The van der Waals surface area contributed by atoms with Gasteiger partial charge < -0.3 is 9.53 Å². The lowest BCUT2D eigenvalue weighted by molar-refractivity contribution is 0.0695. The van der Waals surface area contributed by atoms with Gasteiger partial charge in [-0.25, -0.2) is 4.79 Å². The second-order valence-electron chi connectivity index (χ2n) is 6.60. The second kappa shape index (κ2) is 5.00. The lowest BCUT2D eigenvalue weighted by atomic mass is 10.0. The van der Waals surface area contributed by atoms with Crippen LogP contribution in [0.3, 0.4) is 0 Å².